The molecule has 0 aliphatic carbocycles. The Bertz CT molecular complexity index is 1170. The summed E-state index contributed by atoms with van der Waals surface area (Å²) in [5.74, 6) is 0.498. The van der Waals surface area contributed by atoms with E-state index in [9.17, 15) is 4.79 Å². The summed E-state index contributed by atoms with van der Waals surface area (Å²) in [6.45, 7) is 5.01. The summed E-state index contributed by atoms with van der Waals surface area (Å²) < 4.78 is 7.90. The average Bonchev–Trinajstić information content (AvgIpc) is 2.99. The van der Waals surface area contributed by atoms with E-state index in [-0.39, 0.29) is 5.91 Å². The van der Waals surface area contributed by atoms with Gasteiger partial charge in [0.2, 0.25) is 0 Å². The lowest BCUT2D eigenvalue weighted by atomic mass is 10.0. The van der Waals surface area contributed by atoms with Crippen LogP contribution in [-0.4, -0.2) is 17.1 Å². The molecule has 4 aromatic rings. The number of amides is 1. The van der Waals surface area contributed by atoms with Crippen LogP contribution in [0.1, 0.15) is 28.5 Å². The molecule has 28 heavy (non-hydrogen) atoms. The molecule has 0 atom stereocenters. The summed E-state index contributed by atoms with van der Waals surface area (Å²) in [7, 11) is 2.06. The third kappa shape index (κ3) is 3.22. The molecule has 0 aliphatic rings. The lowest BCUT2D eigenvalue weighted by Gasteiger charge is -2.14. The molecular formula is C24H24N2O2. The zero-order chi connectivity index (χ0) is 19.7. The number of aryl methyl sites for hydroxylation is 2. The van der Waals surface area contributed by atoms with Crippen LogP contribution in [0.3, 0.4) is 0 Å². The van der Waals surface area contributed by atoms with Crippen LogP contribution in [0.5, 0.6) is 5.75 Å². The minimum absolute atomic E-state index is 0.121. The number of ether oxygens (including phenoxy) is 1. The highest BCUT2D eigenvalue weighted by Crippen LogP contribution is 2.28. The molecule has 1 heterocycles. The second-order valence-corrected chi connectivity index (χ2v) is 7.01. The van der Waals surface area contributed by atoms with Crippen molar-refractivity contribution in [3.05, 3.63) is 77.5 Å². The molecule has 0 spiro atoms. The Morgan fingerprint density at radius 1 is 1.04 bits per heavy atom. The lowest BCUT2D eigenvalue weighted by molar-refractivity contribution is 0.0949. The first kappa shape index (κ1) is 18.1. The van der Waals surface area contributed by atoms with Gasteiger partial charge in [0.15, 0.2) is 0 Å². The molecule has 4 nitrogen and oxygen atoms in total. The normalized spacial score (nSPS) is 11.1. The van der Waals surface area contributed by atoms with Crippen LogP contribution in [0.25, 0.3) is 21.7 Å². The van der Waals surface area contributed by atoms with Crippen LogP contribution < -0.4 is 10.1 Å². The molecule has 0 saturated heterocycles. The molecule has 1 N–H and O–H groups in total. The monoisotopic (exact) mass is 372 g/mol. The number of fused-ring (bicyclic) bond motifs is 2. The molecule has 4 rings (SSSR count). The molecule has 0 aliphatic heterocycles. The van der Waals surface area contributed by atoms with Crippen molar-refractivity contribution >= 4 is 27.6 Å². The van der Waals surface area contributed by atoms with Gasteiger partial charge in [0, 0.05) is 30.2 Å². The summed E-state index contributed by atoms with van der Waals surface area (Å²) in [5.41, 5.74) is 4.08. The first-order valence-corrected chi connectivity index (χ1v) is 9.56. The summed E-state index contributed by atoms with van der Waals surface area (Å²) in [5, 5.41) is 6.18. The van der Waals surface area contributed by atoms with Crippen LogP contribution >= 0.6 is 0 Å². The van der Waals surface area contributed by atoms with Crippen LogP contribution in [0.4, 0.5) is 0 Å². The molecule has 0 bridgehead atoms. The fourth-order valence-corrected chi connectivity index (χ4v) is 3.68. The van der Waals surface area contributed by atoms with Gasteiger partial charge in [-0.15, -0.1) is 0 Å². The molecule has 3 aromatic carbocycles. The Labute approximate surface area is 164 Å². The number of carbonyl (C=O) groups is 1. The first-order chi connectivity index (χ1) is 13.6. The van der Waals surface area contributed by atoms with Gasteiger partial charge in [0.05, 0.1) is 12.2 Å². The highest BCUT2D eigenvalue weighted by atomic mass is 16.5. The predicted octanol–water partition coefficient (Wildman–Crippen LogP) is 4.97. The van der Waals surface area contributed by atoms with Crippen LogP contribution in [0.15, 0.2) is 60.7 Å². The maximum Gasteiger partial charge on any atom is 0.255 e. The molecule has 1 amide bonds. The van der Waals surface area contributed by atoms with E-state index in [0.717, 1.165) is 16.3 Å². The molecule has 4 heteroatoms. The van der Waals surface area contributed by atoms with Crippen molar-refractivity contribution in [2.75, 3.05) is 6.61 Å². The topological polar surface area (TPSA) is 43.3 Å². The van der Waals surface area contributed by atoms with Crippen molar-refractivity contribution < 1.29 is 9.53 Å². The third-order valence-electron chi connectivity index (χ3n) is 5.22. The summed E-state index contributed by atoms with van der Waals surface area (Å²) in [6.07, 6.45) is 0. The van der Waals surface area contributed by atoms with E-state index in [2.05, 4.69) is 48.1 Å². The number of benzene rings is 3. The van der Waals surface area contributed by atoms with Crippen molar-refractivity contribution in [1.29, 1.82) is 0 Å². The zero-order valence-electron chi connectivity index (χ0n) is 16.5. The second kappa shape index (κ2) is 7.39. The van der Waals surface area contributed by atoms with Gasteiger partial charge in [0.1, 0.15) is 5.75 Å². The minimum Gasteiger partial charge on any atom is -0.493 e. The number of rotatable bonds is 5. The standard InChI is InChI=1S/C24H24N2O2/c1-4-28-22-12-10-18-7-5-6-8-20(18)23(22)24(27)25-15-17-9-11-21-19(14-17)13-16(2)26(21)3/h5-14H,4,15H2,1-3H3,(H,25,27). The van der Waals surface area contributed by atoms with E-state index in [0.29, 0.717) is 24.5 Å². The van der Waals surface area contributed by atoms with E-state index in [1.54, 1.807) is 0 Å². The van der Waals surface area contributed by atoms with Crippen LogP contribution in [-0.2, 0) is 13.6 Å². The number of nitrogens with one attached hydrogen (secondary N) is 1. The predicted molar refractivity (Wildman–Crippen MR) is 114 cm³/mol. The molecule has 142 valence electrons. The van der Waals surface area contributed by atoms with E-state index >= 15 is 0 Å². The van der Waals surface area contributed by atoms with E-state index in [1.807, 2.05) is 43.3 Å². The Hall–Kier alpha value is -3.27. The molecule has 0 unspecified atom stereocenters. The van der Waals surface area contributed by atoms with Gasteiger partial charge < -0.3 is 14.6 Å². The van der Waals surface area contributed by atoms with E-state index in [1.165, 1.54) is 16.6 Å². The van der Waals surface area contributed by atoms with Crippen LogP contribution in [0, 0.1) is 6.92 Å². The van der Waals surface area contributed by atoms with Gasteiger partial charge in [-0.2, -0.15) is 0 Å². The van der Waals surface area contributed by atoms with Crippen molar-refractivity contribution in [2.24, 2.45) is 7.05 Å². The Balaban J connectivity index is 1.62. The molecule has 0 saturated carbocycles. The maximum absolute atomic E-state index is 13.1. The number of carbonyl (C=O) groups excluding carboxylic acids is 1. The van der Waals surface area contributed by atoms with Crippen molar-refractivity contribution in [3.63, 3.8) is 0 Å². The number of aromatic nitrogens is 1. The summed E-state index contributed by atoms with van der Waals surface area (Å²) in [4.78, 5) is 13.1. The zero-order valence-corrected chi connectivity index (χ0v) is 16.5. The van der Waals surface area contributed by atoms with Crippen LogP contribution in [0.2, 0.25) is 0 Å². The number of hydrogen-bond donors (Lipinski definition) is 1. The summed E-state index contributed by atoms with van der Waals surface area (Å²) >= 11 is 0. The largest absolute Gasteiger partial charge is 0.493 e. The highest BCUT2D eigenvalue weighted by molar-refractivity contribution is 6.09. The Morgan fingerprint density at radius 2 is 1.86 bits per heavy atom. The average molecular weight is 372 g/mol. The van der Waals surface area contributed by atoms with Gasteiger partial charge in [-0.3, -0.25) is 4.79 Å². The second-order valence-electron chi connectivity index (χ2n) is 7.01. The molecule has 1 aromatic heterocycles. The first-order valence-electron chi connectivity index (χ1n) is 9.56. The van der Waals surface area contributed by atoms with Crippen molar-refractivity contribution in [3.8, 4) is 5.75 Å². The Morgan fingerprint density at radius 3 is 2.68 bits per heavy atom. The smallest absolute Gasteiger partial charge is 0.255 e. The van der Waals surface area contributed by atoms with Gasteiger partial charge >= 0.3 is 0 Å². The summed E-state index contributed by atoms with van der Waals surface area (Å²) in [6, 6.07) is 20.2. The van der Waals surface area contributed by atoms with Gasteiger partial charge in [-0.05, 0) is 54.4 Å². The number of nitrogens with zero attached hydrogens (tertiary/aromatic N) is 1. The third-order valence-corrected chi connectivity index (χ3v) is 5.22. The Kier molecular flexibility index (Phi) is 4.78. The van der Waals surface area contributed by atoms with Gasteiger partial charge in [-0.1, -0.05) is 36.4 Å². The van der Waals surface area contributed by atoms with Gasteiger partial charge in [-0.25, -0.2) is 0 Å². The maximum atomic E-state index is 13.1. The molecular weight excluding hydrogens is 348 g/mol. The highest BCUT2D eigenvalue weighted by Gasteiger charge is 2.16. The van der Waals surface area contributed by atoms with E-state index in [4.69, 9.17) is 4.74 Å². The number of hydrogen-bond acceptors (Lipinski definition) is 2. The molecule has 0 fully saturated rings. The van der Waals surface area contributed by atoms with Crippen molar-refractivity contribution in [1.82, 2.24) is 9.88 Å². The van der Waals surface area contributed by atoms with E-state index < -0.39 is 0 Å². The lowest BCUT2D eigenvalue weighted by Crippen LogP contribution is -2.23. The van der Waals surface area contributed by atoms with Gasteiger partial charge in [0.25, 0.3) is 5.91 Å². The minimum atomic E-state index is -0.121. The molecule has 0 radical (unpaired) electrons. The quantitative estimate of drug-likeness (QED) is 0.537. The SMILES string of the molecule is CCOc1ccc2ccccc2c1C(=O)NCc1ccc2c(c1)cc(C)n2C. The fraction of sp³-hybridized carbons (Fsp3) is 0.208. The van der Waals surface area contributed by atoms with Crippen molar-refractivity contribution in [2.45, 2.75) is 20.4 Å². The fourth-order valence-electron chi connectivity index (χ4n) is 3.68.